The highest BCUT2D eigenvalue weighted by Crippen LogP contribution is 2.22. The predicted molar refractivity (Wildman–Crippen MR) is 77.9 cm³/mol. The van der Waals surface area contributed by atoms with Crippen molar-refractivity contribution >= 4 is 5.69 Å². The van der Waals surface area contributed by atoms with Gasteiger partial charge in [-0.2, -0.15) is 0 Å². The van der Waals surface area contributed by atoms with Crippen LogP contribution in [0.5, 0.6) is 5.75 Å². The molecule has 19 heavy (non-hydrogen) atoms. The second-order valence-electron chi connectivity index (χ2n) is 5.04. The number of hydrogen-bond donors (Lipinski definition) is 1. The van der Waals surface area contributed by atoms with E-state index in [9.17, 15) is 0 Å². The topological polar surface area (TPSA) is 47.7 Å². The second-order valence-corrected chi connectivity index (χ2v) is 5.04. The van der Waals surface area contributed by atoms with Crippen molar-refractivity contribution in [3.8, 4) is 5.75 Å². The zero-order valence-corrected chi connectivity index (χ0v) is 11.7. The Labute approximate surface area is 115 Å². The van der Waals surface area contributed by atoms with Crippen molar-refractivity contribution in [2.45, 2.75) is 25.3 Å². The van der Waals surface area contributed by atoms with Crippen LogP contribution in [0.25, 0.3) is 0 Å². The molecule has 1 saturated heterocycles. The van der Waals surface area contributed by atoms with Gasteiger partial charge in [0.05, 0.1) is 6.61 Å². The molecule has 0 saturated carbocycles. The molecule has 1 heterocycles. The third-order valence-electron chi connectivity index (χ3n) is 3.42. The van der Waals surface area contributed by atoms with Crippen molar-refractivity contribution in [3.05, 3.63) is 24.3 Å². The van der Waals surface area contributed by atoms with Crippen molar-refractivity contribution in [1.82, 2.24) is 0 Å². The highest BCUT2D eigenvalue weighted by molar-refractivity contribution is 5.49. The molecule has 1 aliphatic rings. The summed E-state index contributed by atoms with van der Waals surface area (Å²) >= 11 is 0. The van der Waals surface area contributed by atoms with Gasteiger partial charge in [-0.1, -0.05) is 0 Å². The lowest BCUT2D eigenvalue weighted by Gasteiger charge is -2.32. The number of nitrogens with zero attached hydrogens (tertiary/aromatic N) is 1. The summed E-state index contributed by atoms with van der Waals surface area (Å²) in [6.45, 7) is 3.49. The van der Waals surface area contributed by atoms with Crippen LogP contribution in [-0.4, -0.2) is 39.5 Å². The quantitative estimate of drug-likeness (QED) is 0.799. The Morgan fingerprint density at radius 3 is 2.74 bits per heavy atom. The lowest BCUT2D eigenvalue weighted by molar-refractivity contribution is 0.172. The maximum absolute atomic E-state index is 6.01. The molecule has 1 aromatic carbocycles. The third kappa shape index (κ3) is 4.40. The molecule has 0 bridgehead atoms. The largest absolute Gasteiger partial charge is 0.494 e. The molecule has 106 valence electrons. The van der Waals surface area contributed by atoms with Gasteiger partial charge in [0, 0.05) is 45.0 Å². The minimum Gasteiger partial charge on any atom is -0.494 e. The van der Waals surface area contributed by atoms with Gasteiger partial charge in [0.25, 0.3) is 0 Å². The van der Waals surface area contributed by atoms with Crippen LogP contribution in [0, 0.1) is 0 Å². The summed E-state index contributed by atoms with van der Waals surface area (Å²) in [5.74, 6) is 0.918. The summed E-state index contributed by atoms with van der Waals surface area (Å²) in [4.78, 5) is 2.35. The molecule has 2 rings (SSSR count). The number of piperidine rings is 1. The van der Waals surface area contributed by atoms with E-state index in [4.69, 9.17) is 15.2 Å². The highest BCUT2D eigenvalue weighted by atomic mass is 16.5. The molecule has 4 nitrogen and oxygen atoms in total. The average Bonchev–Trinajstić information content (AvgIpc) is 2.44. The molecular weight excluding hydrogens is 240 g/mol. The van der Waals surface area contributed by atoms with E-state index in [-0.39, 0.29) is 0 Å². The molecule has 0 aliphatic carbocycles. The van der Waals surface area contributed by atoms with Crippen molar-refractivity contribution in [2.75, 3.05) is 38.3 Å². The van der Waals surface area contributed by atoms with Gasteiger partial charge in [-0.05, 0) is 37.1 Å². The van der Waals surface area contributed by atoms with Gasteiger partial charge in [0.2, 0.25) is 0 Å². The Balaban J connectivity index is 1.83. The molecule has 1 fully saturated rings. The first-order valence-electron chi connectivity index (χ1n) is 7.02. The van der Waals surface area contributed by atoms with Gasteiger partial charge in [0.15, 0.2) is 0 Å². The summed E-state index contributed by atoms with van der Waals surface area (Å²) in [6.07, 6.45) is 3.23. The maximum atomic E-state index is 6.01. The van der Waals surface area contributed by atoms with E-state index in [1.165, 1.54) is 12.1 Å². The van der Waals surface area contributed by atoms with Crippen molar-refractivity contribution in [3.63, 3.8) is 0 Å². The molecule has 1 aromatic rings. The Bertz CT molecular complexity index is 367. The van der Waals surface area contributed by atoms with Gasteiger partial charge in [-0.15, -0.1) is 0 Å². The standard InChI is InChI=1S/C15H24N2O2/c1-18-10-3-11-19-15-7-5-14(6-8-15)17-9-2-4-13(16)12-17/h5-8,13H,2-4,9-12,16H2,1H3. The van der Waals surface area contributed by atoms with E-state index in [1.54, 1.807) is 7.11 Å². The lowest BCUT2D eigenvalue weighted by Crippen LogP contribution is -2.42. The lowest BCUT2D eigenvalue weighted by atomic mass is 10.1. The summed E-state index contributed by atoms with van der Waals surface area (Å²) in [5.41, 5.74) is 7.24. The van der Waals surface area contributed by atoms with Crippen LogP contribution < -0.4 is 15.4 Å². The van der Waals surface area contributed by atoms with Gasteiger partial charge < -0.3 is 20.1 Å². The maximum Gasteiger partial charge on any atom is 0.119 e. The number of nitrogens with two attached hydrogens (primary N) is 1. The van der Waals surface area contributed by atoms with Gasteiger partial charge >= 0.3 is 0 Å². The number of benzene rings is 1. The minimum absolute atomic E-state index is 0.304. The first kappa shape index (κ1) is 14.2. The van der Waals surface area contributed by atoms with Gasteiger partial charge in [0.1, 0.15) is 5.75 Å². The molecule has 0 aromatic heterocycles. The van der Waals surface area contributed by atoms with E-state index in [0.717, 1.165) is 38.3 Å². The molecule has 0 radical (unpaired) electrons. The average molecular weight is 264 g/mol. The first-order valence-corrected chi connectivity index (χ1v) is 7.02. The Morgan fingerprint density at radius 1 is 1.26 bits per heavy atom. The van der Waals surface area contributed by atoms with Crippen molar-refractivity contribution in [1.29, 1.82) is 0 Å². The fourth-order valence-electron chi connectivity index (χ4n) is 2.39. The molecular formula is C15H24N2O2. The zero-order valence-electron chi connectivity index (χ0n) is 11.7. The number of methoxy groups -OCH3 is 1. The number of anilines is 1. The summed E-state index contributed by atoms with van der Waals surface area (Å²) in [5, 5.41) is 0. The minimum atomic E-state index is 0.304. The molecule has 0 amide bonds. The van der Waals surface area contributed by atoms with Gasteiger partial charge in [-0.25, -0.2) is 0 Å². The summed E-state index contributed by atoms with van der Waals surface area (Å²) in [7, 11) is 1.71. The molecule has 1 aliphatic heterocycles. The third-order valence-corrected chi connectivity index (χ3v) is 3.42. The van der Waals surface area contributed by atoms with Crippen LogP contribution in [0.2, 0.25) is 0 Å². The number of ether oxygens (including phenoxy) is 2. The van der Waals surface area contributed by atoms with Crippen LogP contribution >= 0.6 is 0 Å². The van der Waals surface area contributed by atoms with Crippen LogP contribution in [0.4, 0.5) is 5.69 Å². The van der Waals surface area contributed by atoms with Crippen LogP contribution in [0.1, 0.15) is 19.3 Å². The monoisotopic (exact) mass is 264 g/mol. The number of hydrogen-bond acceptors (Lipinski definition) is 4. The van der Waals surface area contributed by atoms with Crippen LogP contribution in [0.3, 0.4) is 0 Å². The van der Waals surface area contributed by atoms with Crippen molar-refractivity contribution < 1.29 is 9.47 Å². The Hall–Kier alpha value is -1.26. The molecule has 1 unspecified atom stereocenters. The first-order chi connectivity index (χ1) is 9.29. The fraction of sp³-hybridized carbons (Fsp3) is 0.600. The van der Waals surface area contributed by atoms with E-state index < -0.39 is 0 Å². The van der Waals surface area contributed by atoms with E-state index in [0.29, 0.717) is 12.6 Å². The number of rotatable bonds is 6. The van der Waals surface area contributed by atoms with E-state index in [2.05, 4.69) is 17.0 Å². The predicted octanol–water partition coefficient (Wildman–Crippen LogP) is 2.03. The van der Waals surface area contributed by atoms with Crippen LogP contribution in [-0.2, 0) is 4.74 Å². The molecule has 1 atom stereocenters. The van der Waals surface area contributed by atoms with E-state index in [1.807, 2.05) is 12.1 Å². The summed E-state index contributed by atoms with van der Waals surface area (Å²) in [6, 6.07) is 8.59. The normalized spacial score (nSPS) is 19.5. The molecule has 0 spiro atoms. The molecule has 2 N–H and O–H groups in total. The summed E-state index contributed by atoms with van der Waals surface area (Å²) < 4.78 is 10.6. The highest BCUT2D eigenvalue weighted by Gasteiger charge is 2.16. The zero-order chi connectivity index (χ0) is 13.5. The van der Waals surface area contributed by atoms with Gasteiger partial charge in [-0.3, -0.25) is 0 Å². The fourth-order valence-corrected chi connectivity index (χ4v) is 2.39. The molecule has 4 heteroatoms. The second kappa shape index (κ2) is 7.36. The van der Waals surface area contributed by atoms with E-state index >= 15 is 0 Å². The Kier molecular flexibility index (Phi) is 5.48. The SMILES string of the molecule is COCCCOc1ccc(N2CCCC(N)C2)cc1. The smallest absolute Gasteiger partial charge is 0.119 e. The Morgan fingerprint density at radius 2 is 2.05 bits per heavy atom. The van der Waals surface area contributed by atoms with Crippen molar-refractivity contribution in [2.24, 2.45) is 5.73 Å². The van der Waals surface area contributed by atoms with Crippen LogP contribution in [0.15, 0.2) is 24.3 Å².